The molecule has 146 valence electrons. The van der Waals surface area contributed by atoms with E-state index in [1.165, 1.54) is 25.4 Å². The molecule has 0 amide bonds. The molecule has 0 saturated heterocycles. The number of hydrogen-bond donors (Lipinski definition) is 1. The van der Waals surface area contributed by atoms with Crippen LogP contribution in [0.1, 0.15) is 25.5 Å². The molecule has 28 heavy (non-hydrogen) atoms. The Bertz CT molecular complexity index is 1150. The Kier molecular flexibility index (Phi) is 5.74. The van der Waals surface area contributed by atoms with Crippen molar-refractivity contribution in [1.82, 2.24) is 24.7 Å². The third-order valence-corrected chi connectivity index (χ3v) is 4.59. The van der Waals surface area contributed by atoms with E-state index < -0.39 is 11.2 Å². The standard InChI is InChI=1S/C17H14Cl3N5O3/c1-7(2)12-15(20)21-6-11(22-12)28-14-9(18)4-8(5-10(14)19)13-16(26)23-17(27)25(3)24-13/h4-7H,1-3H3,(H,23,26,27). The van der Waals surface area contributed by atoms with Crippen molar-refractivity contribution in [2.45, 2.75) is 19.8 Å². The molecule has 1 N–H and O–H groups in total. The van der Waals surface area contributed by atoms with Gasteiger partial charge in [0.15, 0.2) is 16.6 Å². The second-order valence-corrected chi connectivity index (χ2v) is 7.31. The summed E-state index contributed by atoms with van der Waals surface area (Å²) in [6.45, 7) is 3.85. The van der Waals surface area contributed by atoms with Crippen molar-refractivity contribution in [3.63, 3.8) is 0 Å². The van der Waals surface area contributed by atoms with Gasteiger partial charge in [-0.2, -0.15) is 5.10 Å². The molecule has 0 spiro atoms. The van der Waals surface area contributed by atoms with Gasteiger partial charge in [0.2, 0.25) is 5.88 Å². The summed E-state index contributed by atoms with van der Waals surface area (Å²) in [6.07, 6.45) is 1.36. The first-order chi connectivity index (χ1) is 13.2. The second kappa shape index (κ2) is 7.90. The third kappa shape index (κ3) is 4.04. The Hall–Kier alpha value is -2.42. The van der Waals surface area contributed by atoms with Gasteiger partial charge in [-0.3, -0.25) is 9.78 Å². The highest BCUT2D eigenvalue weighted by atomic mass is 35.5. The molecule has 3 rings (SSSR count). The molecule has 0 aliphatic heterocycles. The van der Waals surface area contributed by atoms with Crippen molar-refractivity contribution < 1.29 is 4.74 Å². The van der Waals surface area contributed by atoms with Gasteiger partial charge in [0.05, 0.1) is 21.9 Å². The Morgan fingerprint density at radius 3 is 2.39 bits per heavy atom. The van der Waals surface area contributed by atoms with Crippen LogP contribution < -0.4 is 16.0 Å². The van der Waals surface area contributed by atoms with Gasteiger partial charge >= 0.3 is 5.69 Å². The minimum absolute atomic E-state index is 0.00849. The Labute approximate surface area is 174 Å². The van der Waals surface area contributed by atoms with Crippen molar-refractivity contribution >= 4 is 34.8 Å². The lowest BCUT2D eigenvalue weighted by atomic mass is 10.1. The van der Waals surface area contributed by atoms with Crippen LogP contribution in [0.25, 0.3) is 11.3 Å². The van der Waals surface area contributed by atoms with Crippen molar-refractivity contribution in [2.24, 2.45) is 7.05 Å². The van der Waals surface area contributed by atoms with Crippen LogP contribution in [0.4, 0.5) is 0 Å². The van der Waals surface area contributed by atoms with Crippen molar-refractivity contribution in [2.75, 3.05) is 0 Å². The van der Waals surface area contributed by atoms with Crippen LogP contribution >= 0.6 is 34.8 Å². The zero-order chi connectivity index (χ0) is 20.6. The zero-order valence-corrected chi connectivity index (χ0v) is 17.2. The number of aryl methyl sites for hydroxylation is 1. The number of H-pyrrole nitrogens is 1. The van der Waals surface area contributed by atoms with Crippen molar-refractivity contribution in [3.05, 3.63) is 60.1 Å². The molecule has 0 bridgehead atoms. The Morgan fingerprint density at radius 1 is 1.14 bits per heavy atom. The molecule has 11 heteroatoms. The summed E-state index contributed by atoms with van der Waals surface area (Å²) in [5, 5.41) is 4.48. The smallest absolute Gasteiger partial charge is 0.344 e. The maximum absolute atomic E-state index is 12.0. The largest absolute Gasteiger partial charge is 0.434 e. The molecule has 2 aromatic heterocycles. The number of rotatable bonds is 4. The van der Waals surface area contributed by atoms with Crippen LogP contribution in [0.15, 0.2) is 27.9 Å². The fourth-order valence-electron chi connectivity index (χ4n) is 2.35. The molecule has 2 heterocycles. The molecule has 0 saturated carbocycles. The molecule has 0 fully saturated rings. The lowest BCUT2D eigenvalue weighted by Gasteiger charge is -2.12. The summed E-state index contributed by atoms with van der Waals surface area (Å²) < 4.78 is 6.69. The SMILES string of the molecule is CC(C)c1nc(Oc2c(Cl)cc(-c3nn(C)c(=O)[nH]c3=O)cc2Cl)cnc1Cl. The number of nitrogens with one attached hydrogen (secondary N) is 1. The van der Waals surface area contributed by atoms with E-state index in [0.717, 1.165) is 4.68 Å². The van der Waals surface area contributed by atoms with Crippen molar-refractivity contribution in [1.29, 1.82) is 0 Å². The topological polar surface area (TPSA) is 103 Å². The van der Waals surface area contributed by atoms with Crippen LogP contribution in [0.2, 0.25) is 15.2 Å². The summed E-state index contributed by atoms with van der Waals surface area (Å²) in [5.74, 6) is 0.349. The quantitative estimate of drug-likeness (QED) is 0.659. The normalized spacial score (nSPS) is 11.1. The number of ether oxygens (including phenoxy) is 1. The van der Waals surface area contributed by atoms with Crippen molar-refractivity contribution in [3.8, 4) is 22.9 Å². The number of aromatic nitrogens is 5. The molecule has 0 radical (unpaired) electrons. The molecule has 8 nitrogen and oxygen atoms in total. The van der Waals surface area contributed by atoms with E-state index in [9.17, 15) is 9.59 Å². The van der Waals surface area contributed by atoms with Gasteiger partial charge in [-0.05, 0) is 18.1 Å². The zero-order valence-electron chi connectivity index (χ0n) is 15.0. The van der Waals surface area contributed by atoms with Gasteiger partial charge in [0.1, 0.15) is 0 Å². The fraction of sp³-hybridized carbons (Fsp3) is 0.235. The summed E-state index contributed by atoms with van der Waals surface area (Å²) in [6, 6.07) is 2.91. The number of aromatic amines is 1. The van der Waals surface area contributed by atoms with Gasteiger partial charge < -0.3 is 4.74 Å². The van der Waals surface area contributed by atoms with E-state index in [2.05, 4.69) is 20.1 Å². The number of benzene rings is 1. The highest BCUT2D eigenvalue weighted by molar-refractivity contribution is 6.37. The summed E-state index contributed by atoms with van der Waals surface area (Å²) >= 11 is 18.6. The lowest BCUT2D eigenvalue weighted by molar-refractivity contribution is 0.457. The number of halogens is 3. The molecule has 0 aliphatic rings. The maximum atomic E-state index is 12.0. The van der Waals surface area contributed by atoms with E-state index in [4.69, 9.17) is 39.5 Å². The summed E-state index contributed by atoms with van der Waals surface area (Å²) in [5.41, 5.74) is -0.402. The Morgan fingerprint density at radius 2 is 1.79 bits per heavy atom. The van der Waals surface area contributed by atoms with Gasteiger partial charge in [0, 0.05) is 12.6 Å². The monoisotopic (exact) mass is 441 g/mol. The van der Waals surface area contributed by atoms with Crippen LogP contribution in [0.5, 0.6) is 11.6 Å². The van der Waals surface area contributed by atoms with Gasteiger partial charge in [-0.25, -0.2) is 19.4 Å². The third-order valence-electron chi connectivity index (χ3n) is 3.74. The van der Waals surface area contributed by atoms with Crippen LogP contribution in [-0.4, -0.2) is 24.7 Å². The average molecular weight is 443 g/mol. The summed E-state index contributed by atoms with van der Waals surface area (Å²) in [4.78, 5) is 34.1. The van der Waals surface area contributed by atoms with Crippen LogP contribution in [0.3, 0.4) is 0 Å². The predicted molar refractivity (Wildman–Crippen MR) is 107 cm³/mol. The molecule has 0 unspecified atom stereocenters. The molecule has 0 aliphatic carbocycles. The van der Waals surface area contributed by atoms with E-state index in [1.807, 2.05) is 13.8 Å². The fourth-order valence-corrected chi connectivity index (χ4v) is 3.23. The van der Waals surface area contributed by atoms with E-state index in [0.29, 0.717) is 11.3 Å². The Balaban J connectivity index is 2.02. The van der Waals surface area contributed by atoms with Gasteiger partial charge in [-0.15, -0.1) is 0 Å². The predicted octanol–water partition coefficient (Wildman–Crippen LogP) is 3.80. The maximum Gasteiger partial charge on any atom is 0.344 e. The van der Waals surface area contributed by atoms with E-state index in [1.54, 1.807) is 0 Å². The van der Waals surface area contributed by atoms with Crippen LogP contribution in [-0.2, 0) is 7.05 Å². The van der Waals surface area contributed by atoms with Gasteiger partial charge in [0.25, 0.3) is 5.56 Å². The summed E-state index contributed by atoms with van der Waals surface area (Å²) in [7, 11) is 1.41. The lowest BCUT2D eigenvalue weighted by Crippen LogP contribution is -2.31. The highest BCUT2D eigenvalue weighted by Crippen LogP contribution is 2.39. The number of nitrogens with zero attached hydrogens (tertiary/aromatic N) is 4. The first kappa shape index (κ1) is 20.3. The molecular weight excluding hydrogens is 429 g/mol. The highest BCUT2D eigenvalue weighted by Gasteiger charge is 2.17. The molecule has 1 aromatic carbocycles. The first-order valence-electron chi connectivity index (χ1n) is 8.04. The van der Waals surface area contributed by atoms with Crippen LogP contribution in [0, 0.1) is 0 Å². The molecular formula is C17H14Cl3N5O3. The minimum atomic E-state index is -0.658. The number of hydrogen-bond acceptors (Lipinski definition) is 6. The average Bonchev–Trinajstić information content (AvgIpc) is 2.62. The second-order valence-electron chi connectivity index (χ2n) is 6.14. The molecule has 3 aromatic rings. The van der Waals surface area contributed by atoms with E-state index in [-0.39, 0.29) is 38.4 Å². The minimum Gasteiger partial charge on any atom is -0.434 e. The first-order valence-corrected chi connectivity index (χ1v) is 9.18. The van der Waals surface area contributed by atoms with E-state index >= 15 is 0 Å². The molecule has 0 atom stereocenters. The van der Waals surface area contributed by atoms with Gasteiger partial charge in [-0.1, -0.05) is 48.7 Å².